The number of amides is 1. The summed E-state index contributed by atoms with van der Waals surface area (Å²) < 4.78 is 4.96. The summed E-state index contributed by atoms with van der Waals surface area (Å²) in [6, 6.07) is 3.54. The number of nitrogens with two attached hydrogens (primary N) is 1. The van der Waals surface area contributed by atoms with Gasteiger partial charge < -0.3 is 10.5 Å². The highest BCUT2D eigenvalue weighted by molar-refractivity contribution is 5.90. The SMILES string of the molecule is COc1ncccc1C=CC(N)=O. The largest absolute Gasteiger partial charge is 0.481 e. The summed E-state index contributed by atoms with van der Waals surface area (Å²) in [7, 11) is 1.52. The minimum absolute atomic E-state index is 0.472. The second kappa shape index (κ2) is 4.25. The highest BCUT2D eigenvalue weighted by Gasteiger charge is 1.98. The number of pyridine rings is 1. The first-order chi connectivity index (χ1) is 6.24. The van der Waals surface area contributed by atoms with E-state index in [0.717, 1.165) is 5.56 Å². The number of rotatable bonds is 3. The lowest BCUT2D eigenvalue weighted by Crippen LogP contribution is -2.05. The van der Waals surface area contributed by atoms with Crippen molar-refractivity contribution in [2.24, 2.45) is 5.73 Å². The fourth-order valence-corrected chi connectivity index (χ4v) is 0.873. The number of ether oxygens (including phenoxy) is 1. The molecular formula is C9H10N2O2. The quantitative estimate of drug-likeness (QED) is 0.689. The predicted molar refractivity (Wildman–Crippen MR) is 49.0 cm³/mol. The van der Waals surface area contributed by atoms with E-state index in [-0.39, 0.29) is 0 Å². The van der Waals surface area contributed by atoms with Crippen LogP contribution >= 0.6 is 0 Å². The van der Waals surface area contributed by atoms with Crippen molar-refractivity contribution in [3.63, 3.8) is 0 Å². The number of aromatic nitrogens is 1. The molecule has 4 nitrogen and oxygen atoms in total. The molecule has 0 radical (unpaired) electrons. The van der Waals surface area contributed by atoms with Crippen LogP contribution < -0.4 is 10.5 Å². The summed E-state index contributed by atoms with van der Waals surface area (Å²) >= 11 is 0. The van der Waals surface area contributed by atoms with Gasteiger partial charge in [-0.1, -0.05) is 0 Å². The first kappa shape index (κ1) is 9.25. The smallest absolute Gasteiger partial charge is 0.241 e. The number of carbonyl (C=O) groups is 1. The van der Waals surface area contributed by atoms with Gasteiger partial charge in [-0.15, -0.1) is 0 Å². The molecule has 0 saturated carbocycles. The molecule has 0 aliphatic heterocycles. The molecule has 1 heterocycles. The van der Waals surface area contributed by atoms with Crippen LogP contribution in [0.1, 0.15) is 5.56 Å². The molecule has 0 aromatic carbocycles. The van der Waals surface area contributed by atoms with Gasteiger partial charge in [0.05, 0.1) is 7.11 Å². The van der Waals surface area contributed by atoms with Crippen LogP contribution in [0.4, 0.5) is 0 Å². The molecular weight excluding hydrogens is 168 g/mol. The molecule has 0 bridgehead atoms. The third-order valence-corrected chi connectivity index (χ3v) is 1.42. The van der Waals surface area contributed by atoms with Crippen molar-refractivity contribution in [1.29, 1.82) is 0 Å². The summed E-state index contributed by atoms with van der Waals surface area (Å²) in [6.45, 7) is 0. The van der Waals surface area contributed by atoms with Crippen LogP contribution in [-0.2, 0) is 4.79 Å². The number of hydrogen-bond donors (Lipinski definition) is 1. The van der Waals surface area contributed by atoms with E-state index in [1.54, 1.807) is 24.4 Å². The maximum atomic E-state index is 10.4. The molecule has 4 heteroatoms. The van der Waals surface area contributed by atoms with Gasteiger partial charge >= 0.3 is 0 Å². The van der Waals surface area contributed by atoms with E-state index in [9.17, 15) is 4.79 Å². The van der Waals surface area contributed by atoms with E-state index in [2.05, 4.69) is 4.98 Å². The molecule has 0 aliphatic carbocycles. The number of primary amides is 1. The first-order valence-electron chi connectivity index (χ1n) is 3.70. The Hall–Kier alpha value is -1.84. The van der Waals surface area contributed by atoms with Crippen molar-refractivity contribution in [3.8, 4) is 5.88 Å². The highest BCUT2D eigenvalue weighted by Crippen LogP contribution is 2.14. The Kier molecular flexibility index (Phi) is 3.03. The van der Waals surface area contributed by atoms with E-state index in [1.165, 1.54) is 13.2 Å². The second-order valence-electron chi connectivity index (χ2n) is 2.34. The molecule has 0 unspecified atom stereocenters. The summed E-state index contributed by atoms with van der Waals surface area (Å²) in [6.07, 6.45) is 4.44. The molecule has 0 atom stereocenters. The first-order valence-corrected chi connectivity index (χ1v) is 3.70. The topological polar surface area (TPSA) is 65.2 Å². The lowest BCUT2D eigenvalue weighted by atomic mass is 10.2. The Balaban J connectivity index is 2.93. The van der Waals surface area contributed by atoms with Crippen molar-refractivity contribution < 1.29 is 9.53 Å². The molecule has 2 N–H and O–H groups in total. The predicted octanol–water partition coefficient (Wildman–Crippen LogP) is 0.589. The maximum Gasteiger partial charge on any atom is 0.241 e. The van der Waals surface area contributed by atoms with E-state index in [4.69, 9.17) is 10.5 Å². The van der Waals surface area contributed by atoms with Crippen molar-refractivity contribution in [1.82, 2.24) is 4.98 Å². The number of nitrogens with zero attached hydrogens (tertiary/aromatic N) is 1. The Bertz CT molecular complexity index is 334. The summed E-state index contributed by atoms with van der Waals surface area (Å²) in [5.41, 5.74) is 5.67. The Labute approximate surface area is 76.0 Å². The third-order valence-electron chi connectivity index (χ3n) is 1.42. The maximum absolute atomic E-state index is 10.4. The van der Waals surface area contributed by atoms with Crippen LogP contribution in [0.15, 0.2) is 24.4 Å². The Morgan fingerprint density at radius 1 is 1.69 bits per heavy atom. The van der Waals surface area contributed by atoms with Gasteiger partial charge in [0.25, 0.3) is 0 Å². The zero-order valence-corrected chi connectivity index (χ0v) is 7.23. The molecule has 0 spiro atoms. The lowest BCUT2D eigenvalue weighted by molar-refractivity contribution is -0.113. The van der Waals surface area contributed by atoms with Gasteiger partial charge in [-0.25, -0.2) is 4.98 Å². The molecule has 13 heavy (non-hydrogen) atoms. The molecule has 0 fully saturated rings. The zero-order chi connectivity index (χ0) is 9.68. The van der Waals surface area contributed by atoms with Crippen LogP contribution in [0.2, 0.25) is 0 Å². The standard InChI is InChI=1S/C9H10N2O2/c1-13-9-7(3-2-6-11-9)4-5-8(10)12/h2-6H,1H3,(H2,10,12). The fraction of sp³-hybridized carbons (Fsp3) is 0.111. The van der Waals surface area contributed by atoms with Gasteiger partial charge in [0.15, 0.2) is 0 Å². The van der Waals surface area contributed by atoms with E-state index in [1.807, 2.05) is 0 Å². The number of carbonyl (C=O) groups excluding carboxylic acids is 1. The van der Waals surface area contributed by atoms with Gasteiger partial charge in [-0.2, -0.15) is 0 Å². The average Bonchev–Trinajstić information content (AvgIpc) is 2.15. The number of hydrogen-bond acceptors (Lipinski definition) is 3. The van der Waals surface area contributed by atoms with Crippen molar-refractivity contribution in [2.45, 2.75) is 0 Å². The van der Waals surface area contributed by atoms with Gasteiger partial charge in [0, 0.05) is 17.8 Å². The molecule has 0 aliphatic rings. The average molecular weight is 178 g/mol. The molecule has 1 amide bonds. The molecule has 1 rings (SSSR count). The molecule has 68 valence electrons. The molecule has 0 saturated heterocycles. The van der Waals surface area contributed by atoms with Crippen molar-refractivity contribution in [2.75, 3.05) is 7.11 Å². The van der Waals surface area contributed by atoms with E-state index >= 15 is 0 Å². The van der Waals surface area contributed by atoms with Crippen LogP contribution in [0, 0.1) is 0 Å². The Morgan fingerprint density at radius 2 is 2.46 bits per heavy atom. The summed E-state index contributed by atoms with van der Waals surface area (Å²) in [4.78, 5) is 14.4. The van der Waals surface area contributed by atoms with Gasteiger partial charge in [0.2, 0.25) is 11.8 Å². The van der Waals surface area contributed by atoms with Crippen LogP contribution in [0.3, 0.4) is 0 Å². The zero-order valence-electron chi connectivity index (χ0n) is 7.23. The van der Waals surface area contributed by atoms with Crippen LogP contribution in [0.25, 0.3) is 6.08 Å². The van der Waals surface area contributed by atoms with Crippen LogP contribution in [-0.4, -0.2) is 18.0 Å². The fourth-order valence-electron chi connectivity index (χ4n) is 0.873. The second-order valence-corrected chi connectivity index (χ2v) is 2.34. The molecule has 1 aromatic heterocycles. The van der Waals surface area contributed by atoms with E-state index < -0.39 is 5.91 Å². The highest BCUT2D eigenvalue weighted by atomic mass is 16.5. The van der Waals surface area contributed by atoms with Gasteiger partial charge in [0.1, 0.15) is 0 Å². The third kappa shape index (κ3) is 2.59. The summed E-state index contributed by atoms with van der Waals surface area (Å²) in [5, 5.41) is 0. The monoisotopic (exact) mass is 178 g/mol. The van der Waals surface area contributed by atoms with Gasteiger partial charge in [-0.05, 0) is 18.2 Å². The Morgan fingerprint density at radius 3 is 3.08 bits per heavy atom. The summed E-state index contributed by atoms with van der Waals surface area (Å²) in [5.74, 6) is -0.0223. The lowest BCUT2D eigenvalue weighted by Gasteiger charge is -2.00. The van der Waals surface area contributed by atoms with Crippen molar-refractivity contribution >= 4 is 12.0 Å². The minimum atomic E-state index is -0.495. The van der Waals surface area contributed by atoms with Crippen molar-refractivity contribution in [3.05, 3.63) is 30.0 Å². The minimum Gasteiger partial charge on any atom is -0.481 e. The number of methoxy groups -OCH3 is 1. The van der Waals surface area contributed by atoms with Gasteiger partial charge in [-0.3, -0.25) is 4.79 Å². The van der Waals surface area contributed by atoms with Crippen LogP contribution in [0.5, 0.6) is 5.88 Å². The van der Waals surface area contributed by atoms with E-state index in [0.29, 0.717) is 5.88 Å². The normalized spacial score (nSPS) is 10.2. The molecule has 1 aromatic rings.